The predicted octanol–water partition coefficient (Wildman–Crippen LogP) is 3.21. The van der Waals surface area contributed by atoms with E-state index in [-0.39, 0.29) is 5.91 Å². The van der Waals surface area contributed by atoms with E-state index in [0.717, 1.165) is 47.5 Å². The Morgan fingerprint density at radius 3 is 2.69 bits per heavy atom. The number of hydrogen-bond donors (Lipinski definition) is 1. The molecule has 0 bridgehead atoms. The van der Waals surface area contributed by atoms with Crippen LogP contribution >= 0.6 is 0 Å². The van der Waals surface area contributed by atoms with Crippen LogP contribution in [0.4, 0.5) is 5.69 Å². The van der Waals surface area contributed by atoms with Crippen molar-refractivity contribution in [3.63, 3.8) is 0 Å². The zero-order chi connectivity index (χ0) is 17.9. The summed E-state index contributed by atoms with van der Waals surface area (Å²) in [6.07, 6.45) is 2.69. The average molecular weight is 353 g/mol. The molecule has 2 aliphatic rings. The molecule has 2 aromatic rings. The Hall–Kier alpha value is -2.60. The van der Waals surface area contributed by atoms with E-state index >= 15 is 0 Å². The molecule has 2 heterocycles. The van der Waals surface area contributed by atoms with Crippen molar-refractivity contribution in [3.05, 3.63) is 53.0 Å². The number of aryl methyl sites for hydroxylation is 1. The van der Waals surface area contributed by atoms with Gasteiger partial charge in [0.25, 0.3) is 5.91 Å². The molecule has 0 unspecified atom stereocenters. The number of nitrogens with zero attached hydrogens (tertiary/aromatic N) is 2. The van der Waals surface area contributed by atoms with Crippen molar-refractivity contribution >= 4 is 17.3 Å². The SMILES string of the molecule is Cc1c(C(=O)N2CCOCC2)oc2c1/C(=N/Nc1ccccc1)CCC2. The van der Waals surface area contributed by atoms with Crippen molar-refractivity contribution in [2.24, 2.45) is 5.10 Å². The number of morpholine rings is 1. The number of ether oxygens (including phenoxy) is 1. The first-order valence-corrected chi connectivity index (χ1v) is 9.11. The first-order valence-electron chi connectivity index (χ1n) is 9.11. The van der Waals surface area contributed by atoms with Crippen LogP contribution < -0.4 is 5.43 Å². The van der Waals surface area contributed by atoms with E-state index in [0.29, 0.717) is 32.1 Å². The Morgan fingerprint density at radius 2 is 1.92 bits per heavy atom. The second-order valence-corrected chi connectivity index (χ2v) is 6.65. The number of hydrazone groups is 1. The summed E-state index contributed by atoms with van der Waals surface area (Å²) in [5, 5.41) is 4.60. The second-order valence-electron chi connectivity index (χ2n) is 6.65. The molecular weight excluding hydrogens is 330 g/mol. The van der Waals surface area contributed by atoms with E-state index in [1.807, 2.05) is 37.3 Å². The first kappa shape index (κ1) is 16.8. The summed E-state index contributed by atoms with van der Waals surface area (Å²) in [5.41, 5.74) is 6.91. The molecule has 0 radical (unpaired) electrons. The minimum absolute atomic E-state index is 0.0458. The summed E-state index contributed by atoms with van der Waals surface area (Å²) in [6, 6.07) is 9.86. The zero-order valence-corrected chi connectivity index (χ0v) is 15.0. The molecule has 1 aliphatic carbocycles. The van der Waals surface area contributed by atoms with E-state index in [4.69, 9.17) is 9.15 Å². The third kappa shape index (κ3) is 3.24. The summed E-state index contributed by atoms with van der Waals surface area (Å²) < 4.78 is 11.3. The minimum Gasteiger partial charge on any atom is -0.455 e. The van der Waals surface area contributed by atoms with Crippen molar-refractivity contribution < 1.29 is 13.9 Å². The molecule has 6 nitrogen and oxygen atoms in total. The highest BCUT2D eigenvalue weighted by atomic mass is 16.5. The number of furan rings is 1. The fourth-order valence-corrected chi connectivity index (χ4v) is 3.54. The molecule has 4 rings (SSSR count). The number of nitrogens with one attached hydrogen (secondary N) is 1. The van der Waals surface area contributed by atoms with E-state index in [1.54, 1.807) is 4.90 Å². The van der Waals surface area contributed by atoms with Crippen LogP contribution in [0.25, 0.3) is 0 Å². The smallest absolute Gasteiger partial charge is 0.290 e. The number of benzene rings is 1. The van der Waals surface area contributed by atoms with E-state index < -0.39 is 0 Å². The summed E-state index contributed by atoms with van der Waals surface area (Å²) in [7, 11) is 0. The van der Waals surface area contributed by atoms with Gasteiger partial charge >= 0.3 is 0 Å². The van der Waals surface area contributed by atoms with Gasteiger partial charge in [-0.2, -0.15) is 5.10 Å². The van der Waals surface area contributed by atoms with Crippen LogP contribution in [0, 0.1) is 6.92 Å². The van der Waals surface area contributed by atoms with Gasteiger partial charge in [-0.15, -0.1) is 0 Å². The van der Waals surface area contributed by atoms with Gasteiger partial charge in [0.1, 0.15) is 5.76 Å². The van der Waals surface area contributed by atoms with Gasteiger partial charge in [0, 0.05) is 30.6 Å². The highest BCUT2D eigenvalue weighted by Crippen LogP contribution is 2.31. The minimum atomic E-state index is -0.0458. The predicted molar refractivity (Wildman–Crippen MR) is 99.7 cm³/mol. The summed E-state index contributed by atoms with van der Waals surface area (Å²) in [4.78, 5) is 14.7. The van der Waals surface area contributed by atoms with Crippen molar-refractivity contribution in [2.75, 3.05) is 31.7 Å². The topological polar surface area (TPSA) is 67.1 Å². The highest BCUT2D eigenvalue weighted by Gasteiger charge is 2.30. The van der Waals surface area contributed by atoms with E-state index in [1.165, 1.54) is 0 Å². The second kappa shape index (κ2) is 7.33. The Labute approximate surface area is 152 Å². The lowest BCUT2D eigenvalue weighted by molar-refractivity contribution is 0.0281. The van der Waals surface area contributed by atoms with Gasteiger partial charge in [0.05, 0.1) is 24.6 Å². The first-order chi connectivity index (χ1) is 12.7. The van der Waals surface area contributed by atoms with Crippen LogP contribution in [-0.2, 0) is 11.2 Å². The van der Waals surface area contributed by atoms with Gasteiger partial charge in [0.15, 0.2) is 5.76 Å². The number of hydrogen-bond acceptors (Lipinski definition) is 5. The molecule has 26 heavy (non-hydrogen) atoms. The third-order valence-corrected chi connectivity index (χ3v) is 4.91. The van der Waals surface area contributed by atoms with Gasteiger partial charge in [-0.3, -0.25) is 10.2 Å². The largest absolute Gasteiger partial charge is 0.455 e. The van der Waals surface area contributed by atoms with Crippen molar-refractivity contribution in [3.8, 4) is 0 Å². The summed E-state index contributed by atoms with van der Waals surface area (Å²) in [6.45, 7) is 4.34. The van der Waals surface area contributed by atoms with Gasteiger partial charge < -0.3 is 14.1 Å². The fraction of sp³-hybridized carbons (Fsp3) is 0.400. The van der Waals surface area contributed by atoms with Crippen LogP contribution in [0.1, 0.15) is 40.3 Å². The van der Waals surface area contributed by atoms with Gasteiger partial charge in [0.2, 0.25) is 0 Å². The molecule has 1 aromatic heterocycles. The molecule has 1 aliphatic heterocycles. The molecular formula is C20H23N3O3. The lowest BCUT2D eigenvalue weighted by atomic mass is 9.93. The molecule has 136 valence electrons. The van der Waals surface area contributed by atoms with Crippen LogP contribution in [0.5, 0.6) is 0 Å². The van der Waals surface area contributed by atoms with Crippen LogP contribution in [-0.4, -0.2) is 42.8 Å². The molecule has 1 aromatic carbocycles. The zero-order valence-electron chi connectivity index (χ0n) is 15.0. The lowest BCUT2D eigenvalue weighted by Crippen LogP contribution is -2.40. The van der Waals surface area contributed by atoms with E-state index in [9.17, 15) is 4.79 Å². The van der Waals surface area contributed by atoms with Gasteiger partial charge in [-0.05, 0) is 31.9 Å². The number of fused-ring (bicyclic) bond motifs is 1. The molecule has 0 spiro atoms. The van der Waals surface area contributed by atoms with E-state index in [2.05, 4.69) is 10.5 Å². The summed E-state index contributed by atoms with van der Waals surface area (Å²) >= 11 is 0. The molecule has 1 amide bonds. The molecule has 0 atom stereocenters. The lowest BCUT2D eigenvalue weighted by Gasteiger charge is -2.26. The standard InChI is InChI=1S/C20H23N3O3/c1-14-18-16(22-21-15-6-3-2-4-7-15)8-5-9-17(18)26-19(14)20(24)23-10-12-25-13-11-23/h2-4,6-7,21H,5,8-13H2,1H3/b22-16+. The Balaban J connectivity index is 1.61. The molecule has 1 N–H and O–H groups in total. The maximum absolute atomic E-state index is 12.8. The number of rotatable bonds is 3. The van der Waals surface area contributed by atoms with Gasteiger partial charge in [-0.1, -0.05) is 18.2 Å². The highest BCUT2D eigenvalue weighted by molar-refractivity contribution is 6.06. The number of para-hydroxylation sites is 1. The molecule has 1 saturated heterocycles. The Morgan fingerprint density at radius 1 is 1.15 bits per heavy atom. The Kier molecular flexibility index (Phi) is 4.75. The molecule has 0 saturated carbocycles. The maximum atomic E-state index is 12.8. The summed E-state index contributed by atoms with van der Waals surface area (Å²) in [5.74, 6) is 1.28. The molecule has 6 heteroatoms. The third-order valence-electron chi connectivity index (χ3n) is 4.91. The molecule has 1 fully saturated rings. The number of amides is 1. The van der Waals surface area contributed by atoms with Crippen molar-refractivity contribution in [2.45, 2.75) is 26.2 Å². The van der Waals surface area contributed by atoms with Crippen molar-refractivity contribution in [1.29, 1.82) is 0 Å². The van der Waals surface area contributed by atoms with Crippen molar-refractivity contribution in [1.82, 2.24) is 4.90 Å². The maximum Gasteiger partial charge on any atom is 0.290 e. The quantitative estimate of drug-likeness (QED) is 0.861. The van der Waals surface area contributed by atoms with Gasteiger partial charge in [-0.25, -0.2) is 0 Å². The average Bonchev–Trinajstić information content (AvgIpc) is 3.04. The number of carbonyl (C=O) groups excluding carboxylic acids is 1. The fourth-order valence-electron chi connectivity index (χ4n) is 3.54. The van der Waals surface area contributed by atoms with Crippen LogP contribution in [0.15, 0.2) is 39.9 Å². The normalized spacial score (nSPS) is 18.7. The van der Waals surface area contributed by atoms with Crippen LogP contribution in [0.3, 0.4) is 0 Å². The number of anilines is 1. The Bertz CT molecular complexity index is 820. The monoisotopic (exact) mass is 353 g/mol. The number of carbonyl (C=O) groups is 1. The van der Waals surface area contributed by atoms with Crippen LogP contribution in [0.2, 0.25) is 0 Å².